The van der Waals surface area contributed by atoms with Gasteiger partial charge in [-0.25, -0.2) is 0 Å². The lowest BCUT2D eigenvalue weighted by Crippen LogP contribution is -1.83. The van der Waals surface area contributed by atoms with Gasteiger partial charge in [0.05, 0.1) is 0 Å². The zero-order valence-electron chi connectivity index (χ0n) is 8.17. The fourth-order valence-electron chi connectivity index (χ4n) is 0.916. The average Bonchev–Trinajstić information content (AvgIpc) is 2.25. The summed E-state index contributed by atoms with van der Waals surface area (Å²) in [5.41, 5.74) is 6.18. The van der Waals surface area contributed by atoms with E-state index in [1.165, 1.54) is 0 Å². The third kappa shape index (κ3) is 4.42. The summed E-state index contributed by atoms with van der Waals surface area (Å²) in [4.78, 5) is 0.840. The monoisotopic (exact) mass is 219 g/mol. The van der Waals surface area contributed by atoms with Crippen LogP contribution in [0.3, 0.4) is 0 Å². The number of nitrogens with two attached hydrogens (primary N) is 1. The number of thiol groups is 1. The third-order valence-electron chi connectivity index (χ3n) is 1.69. The number of hydrogen-bond acceptors (Lipinski definition) is 3. The minimum Gasteiger partial charge on any atom is -0.508 e. The average molecular weight is 219 g/mol. The van der Waals surface area contributed by atoms with Crippen molar-refractivity contribution in [1.29, 1.82) is 0 Å². The van der Waals surface area contributed by atoms with Crippen LogP contribution in [0.1, 0.15) is 0 Å². The molecule has 15 heavy (non-hydrogen) atoms. The molecule has 3 N–H and O–H groups in total. The van der Waals surface area contributed by atoms with Gasteiger partial charge in [0.2, 0.25) is 0 Å². The Kier molecular flexibility index (Phi) is 4.57. The Balaban J connectivity index is 0.000000151. The van der Waals surface area contributed by atoms with Crippen LogP contribution in [0, 0.1) is 0 Å². The predicted octanol–water partition coefficient (Wildman–Crippen LogP) is 2.95. The van der Waals surface area contributed by atoms with Crippen LogP contribution in [0.4, 0.5) is 5.69 Å². The zero-order chi connectivity index (χ0) is 11.1. The summed E-state index contributed by atoms with van der Waals surface area (Å²) in [6.07, 6.45) is 0. The molecule has 0 heterocycles. The maximum absolute atomic E-state index is 8.63. The summed E-state index contributed by atoms with van der Waals surface area (Å²) < 4.78 is 0. The molecule has 0 saturated carbocycles. The first-order valence-electron chi connectivity index (χ1n) is 4.47. The number of para-hydroxylation sites is 2. The van der Waals surface area contributed by atoms with Gasteiger partial charge in [0.25, 0.3) is 0 Å². The minimum absolute atomic E-state index is 0.322. The normalized spacial score (nSPS) is 8.87. The van der Waals surface area contributed by atoms with Crippen LogP contribution in [0.2, 0.25) is 0 Å². The molecule has 0 atom stereocenters. The van der Waals surface area contributed by atoms with Gasteiger partial charge in [-0.15, -0.1) is 12.6 Å². The van der Waals surface area contributed by atoms with Gasteiger partial charge in [-0.1, -0.05) is 30.3 Å². The molecule has 0 fully saturated rings. The topological polar surface area (TPSA) is 46.2 Å². The third-order valence-corrected chi connectivity index (χ3v) is 2.10. The van der Waals surface area contributed by atoms with Gasteiger partial charge in [0.1, 0.15) is 5.75 Å². The van der Waals surface area contributed by atoms with Crippen molar-refractivity contribution in [2.24, 2.45) is 0 Å². The molecule has 0 radical (unpaired) electrons. The Morgan fingerprint density at radius 2 is 1.40 bits per heavy atom. The van der Waals surface area contributed by atoms with Gasteiger partial charge in [-0.2, -0.15) is 0 Å². The molecule has 0 aliphatic carbocycles. The van der Waals surface area contributed by atoms with Gasteiger partial charge in [0.15, 0.2) is 0 Å². The molecule has 2 nitrogen and oxygen atoms in total. The van der Waals surface area contributed by atoms with Crippen LogP contribution in [0.25, 0.3) is 0 Å². The maximum Gasteiger partial charge on any atom is 0.115 e. The highest BCUT2D eigenvalue weighted by atomic mass is 32.1. The Morgan fingerprint density at radius 3 is 1.73 bits per heavy atom. The van der Waals surface area contributed by atoms with Crippen LogP contribution < -0.4 is 5.73 Å². The highest BCUT2D eigenvalue weighted by Gasteiger charge is 1.85. The van der Waals surface area contributed by atoms with E-state index in [-0.39, 0.29) is 0 Å². The fourth-order valence-corrected chi connectivity index (χ4v) is 1.08. The van der Waals surface area contributed by atoms with Gasteiger partial charge >= 0.3 is 0 Å². The summed E-state index contributed by atoms with van der Waals surface area (Å²) in [5.74, 6) is 0.322. The molecule has 0 aliphatic rings. The lowest BCUT2D eigenvalue weighted by Gasteiger charge is -1.92. The van der Waals surface area contributed by atoms with Crippen molar-refractivity contribution in [3.05, 3.63) is 54.6 Å². The van der Waals surface area contributed by atoms with Crippen molar-refractivity contribution in [2.75, 3.05) is 5.73 Å². The molecule has 0 unspecified atom stereocenters. The van der Waals surface area contributed by atoms with E-state index >= 15 is 0 Å². The summed E-state index contributed by atoms with van der Waals surface area (Å²) in [6.45, 7) is 0. The van der Waals surface area contributed by atoms with Crippen molar-refractivity contribution in [1.82, 2.24) is 0 Å². The van der Waals surface area contributed by atoms with E-state index in [0.717, 1.165) is 10.6 Å². The molecule has 2 aromatic carbocycles. The minimum atomic E-state index is 0.322. The van der Waals surface area contributed by atoms with Crippen molar-refractivity contribution in [3.63, 3.8) is 0 Å². The van der Waals surface area contributed by atoms with E-state index in [1.54, 1.807) is 24.3 Å². The first kappa shape index (κ1) is 11.5. The number of phenolic OH excluding ortho intramolecular Hbond substituents is 1. The summed E-state index contributed by atoms with van der Waals surface area (Å²) in [7, 11) is 0. The van der Waals surface area contributed by atoms with Gasteiger partial charge in [0, 0.05) is 10.6 Å². The van der Waals surface area contributed by atoms with E-state index in [0.29, 0.717) is 5.75 Å². The SMILES string of the molecule is Nc1ccccc1S.Oc1ccccc1. The number of benzene rings is 2. The number of hydrogen-bond donors (Lipinski definition) is 3. The van der Waals surface area contributed by atoms with E-state index in [4.69, 9.17) is 10.8 Å². The highest BCUT2D eigenvalue weighted by molar-refractivity contribution is 7.80. The van der Waals surface area contributed by atoms with E-state index in [1.807, 2.05) is 30.3 Å². The Labute approximate surface area is 94.8 Å². The Bertz CT molecular complexity index is 382. The molecule has 0 saturated heterocycles. The summed E-state index contributed by atoms with van der Waals surface area (Å²) in [6, 6.07) is 16.2. The first-order chi connectivity index (χ1) is 7.20. The number of nitrogen functional groups attached to an aromatic ring is 1. The molecule has 78 valence electrons. The van der Waals surface area contributed by atoms with E-state index < -0.39 is 0 Å². The standard InChI is InChI=1S/C6H7NS.C6H6O/c7-5-3-1-2-4-6(5)8;7-6-4-2-1-3-5-6/h1-4,8H,7H2;1-5,7H. The van der Waals surface area contributed by atoms with E-state index in [9.17, 15) is 0 Å². The molecule has 3 heteroatoms. The van der Waals surface area contributed by atoms with Crippen molar-refractivity contribution < 1.29 is 5.11 Å². The van der Waals surface area contributed by atoms with Crippen LogP contribution >= 0.6 is 12.6 Å². The van der Waals surface area contributed by atoms with Gasteiger partial charge in [-0.3, -0.25) is 0 Å². The second-order valence-corrected chi connectivity index (χ2v) is 3.38. The van der Waals surface area contributed by atoms with Crippen molar-refractivity contribution in [3.8, 4) is 5.75 Å². The second kappa shape index (κ2) is 5.98. The molecule has 0 aliphatic heterocycles. The molecular formula is C12H13NOS. The molecule has 0 aromatic heterocycles. The Morgan fingerprint density at radius 1 is 0.867 bits per heavy atom. The molecule has 0 bridgehead atoms. The molecule has 0 spiro atoms. The number of anilines is 1. The van der Waals surface area contributed by atoms with Gasteiger partial charge in [-0.05, 0) is 24.3 Å². The summed E-state index contributed by atoms with van der Waals surface area (Å²) >= 11 is 4.07. The largest absolute Gasteiger partial charge is 0.508 e. The number of aromatic hydroxyl groups is 1. The zero-order valence-corrected chi connectivity index (χ0v) is 9.06. The lowest BCUT2D eigenvalue weighted by atomic mass is 10.3. The van der Waals surface area contributed by atoms with E-state index in [2.05, 4.69) is 12.6 Å². The first-order valence-corrected chi connectivity index (χ1v) is 4.92. The van der Waals surface area contributed by atoms with Gasteiger partial charge < -0.3 is 10.8 Å². The van der Waals surface area contributed by atoms with Crippen molar-refractivity contribution in [2.45, 2.75) is 4.90 Å². The smallest absolute Gasteiger partial charge is 0.115 e. The predicted molar refractivity (Wildman–Crippen MR) is 66.2 cm³/mol. The molecule has 2 rings (SSSR count). The fraction of sp³-hybridized carbons (Fsp3) is 0. The second-order valence-electron chi connectivity index (χ2n) is 2.89. The summed E-state index contributed by atoms with van der Waals surface area (Å²) in [5, 5.41) is 8.63. The van der Waals surface area contributed by atoms with Crippen LogP contribution in [0.15, 0.2) is 59.5 Å². The Hall–Kier alpha value is -1.61. The molecule has 0 amide bonds. The maximum atomic E-state index is 8.63. The molecule has 2 aromatic rings. The quantitative estimate of drug-likeness (QED) is 0.471. The number of phenols is 1. The number of rotatable bonds is 0. The molecular weight excluding hydrogens is 206 g/mol. The lowest BCUT2D eigenvalue weighted by molar-refractivity contribution is 0.475. The van der Waals surface area contributed by atoms with Crippen LogP contribution in [-0.4, -0.2) is 5.11 Å². The van der Waals surface area contributed by atoms with Crippen LogP contribution in [0.5, 0.6) is 5.75 Å². The van der Waals surface area contributed by atoms with Crippen molar-refractivity contribution >= 4 is 18.3 Å². The van der Waals surface area contributed by atoms with Crippen LogP contribution in [-0.2, 0) is 0 Å². The highest BCUT2D eigenvalue weighted by Crippen LogP contribution is 2.13.